The van der Waals surface area contributed by atoms with Crippen molar-refractivity contribution in [2.75, 3.05) is 7.11 Å². The maximum absolute atomic E-state index is 12.2. The summed E-state index contributed by atoms with van der Waals surface area (Å²) in [6.07, 6.45) is 1.91. The Morgan fingerprint density at radius 3 is 1.54 bits per heavy atom. The van der Waals surface area contributed by atoms with Gasteiger partial charge >= 0.3 is 6.61 Å². The zero-order valence-electron chi connectivity index (χ0n) is 14.5. The van der Waals surface area contributed by atoms with Crippen LogP contribution in [-0.2, 0) is 12.8 Å². The van der Waals surface area contributed by atoms with Crippen molar-refractivity contribution in [3.05, 3.63) is 83.9 Å². The van der Waals surface area contributed by atoms with Gasteiger partial charge in [0.25, 0.3) is 0 Å². The van der Waals surface area contributed by atoms with Crippen LogP contribution in [0.25, 0.3) is 11.1 Å². The van der Waals surface area contributed by atoms with Crippen molar-refractivity contribution in [2.45, 2.75) is 19.5 Å². The standard InChI is InChI=1S/C22H20F2O2/c1-25-20-12-6-17(7-13-20)3-2-16-4-8-18(9-5-16)19-10-14-21(15-11-19)26-22(23)24/h4-15,22H,2-3H2,1H3. The van der Waals surface area contributed by atoms with Gasteiger partial charge in [0, 0.05) is 0 Å². The van der Waals surface area contributed by atoms with Crippen LogP contribution in [0.2, 0.25) is 0 Å². The van der Waals surface area contributed by atoms with E-state index in [-0.39, 0.29) is 5.75 Å². The zero-order valence-corrected chi connectivity index (χ0v) is 14.5. The number of halogens is 2. The van der Waals surface area contributed by atoms with Gasteiger partial charge in [0.1, 0.15) is 11.5 Å². The molecule has 0 radical (unpaired) electrons. The fourth-order valence-corrected chi connectivity index (χ4v) is 2.77. The minimum absolute atomic E-state index is 0.167. The summed E-state index contributed by atoms with van der Waals surface area (Å²) in [5.41, 5.74) is 4.53. The molecule has 26 heavy (non-hydrogen) atoms. The lowest BCUT2D eigenvalue weighted by molar-refractivity contribution is -0.0498. The highest BCUT2D eigenvalue weighted by Crippen LogP contribution is 2.24. The second-order valence-electron chi connectivity index (χ2n) is 5.95. The first-order chi connectivity index (χ1) is 12.6. The van der Waals surface area contributed by atoms with Crippen molar-refractivity contribution in [1.29, 1.82) is 0 Å². The average Bonchev–Trinajstić information content (AvgIpc) is 2.67. The summed E-state index contributed by atoms with van der Waals surface area (Å²) in [7, 11) is 1.66. The molecule has 3 aromatic carbocycles. The van der Waals surface area contributed by atoms with E-state index in [0.717, 1.165) is 29.7 Å². The molecule has 0 heterocycles. The summed E-state index contributed by atoms with van der Waals surface area (Å²) in [6, 6.07) is 23.1. The Kier molecular flexibility index (Phi) is 5.84. The first kappa shape index (κ1) is 17.9. The number of hydrogen-bond acceptors (Lipinski definition) is 2. The van der Waals surface area contributed by atoms with Crippen LogP contribution in [0.5, 0.6) is 11.5 Å². The van der Waals surface area contributed by atoms with Crippen molar-refractivity contribution in [3.8, 4) is 22.6 Å². The largest absolute Gasteiger partial charge is 0.497 e. The average molecular weight is 354 g/mol. The van der Waals surface area contributed by atoms with Gasteiger partial charge in [-0.15, -0.1) is 0 Å². The van der Waals surface area contributed by atoms with Gasteiger partial charge in [-0.2, -0.15) is 8.78 Å². The van der Waals surface area contributed by atoms with Crippen LogP contribution in [0.4, 0.5) is 8.78 Å². The lowest BCUT2D eigenvalue weighted by Crippen LogP contribution is -2.01. The predicted octanol–water partition coefficient (Wildman–Crippen LogP) is 5.75. The Morgan fingerprint density at radius 2 is 1.08 bits per heavy atom. The number of aryl methyl sites for hydroxylation is 2. The lowest BCUT2D eigenvalue weighted by atomic mass is 10.0. The fourth-order valence-electron chi connectivity index (χ4n) is 2.77. The molecule has 0 amide bonds. The Balaban J connectivity index is 1.60. The Morgan fingerprint density at radius 1 is 0.654 bits per heavy atom. The summed E-state index contributed by atoms with van der Waals surface area (Å²) < 4.78 is 33.9. The maximum Gasteiger partial charge on any atom is 0.387 e. The fraction of sp³-hybridized carbons (Fsp3) is 0.182. The third kappa shape index (κ3) is 4.82. The van der Waals surface area contributed by atoms with E-state index in [0.29, 0.717) is 0 Å². The zero-order chi connectivity index (χ0) is 18.4. The van der Waals surface area contributed by atoms with E-state index in [1.807, 2.05) is 24.3 Å². The molecule has 0 atom stereocenters. The molecule has 0 fully saturated rings. The minimum atomic E-state index is -2.80. The van der Waals surface area contributed by atoms with Gasteiger partial charge in [-0.05, 0) is 59.4 Å². The number of rotatable bonds is 7. The van der Waals surface area contributed by atoms with Crippen LogP contribution in [0, 0.1) is 0 Å². The van der Waals surface area contributed by atoms with Crippen molar-refractivity contribution >= 4 is 0 Å². The van der Waals surface area contributed by atoms with Crippen LogP contribution in [-0.4, -0.2) is 13.7 Å². The van der Waals surface area contributed by atoms with E-state index in [9.17, 15) is 8.78 Å². The summed E-state index contributed by atoms with van der Waals surface area (Å²) in [5.74, 6) is 1.03. The Bertz CT molecular complexity index is 810. The molecule has 3 rings (SSSR count). The van der Waals surface area contributed by atoms with Gasteiger partial charge in [0.15, 0.2) is 0 Å². The summed E-state index contributed by atoms with van der Waals surface area (Å²) in [4.78, 5) is 0. The smallest absolute Gasteiger partial charge is 0.387 e. The second-order valence-corrected chi connectivity index (χ2v) is 5.95. The molecule has 4 heteroatoms. The molecule has 134 valence electrons. The van der Waals surface area contributed by atoms with E-state index in [1.165, 1.54) is 11.1 Å². The molecule has 0 aliphatic rings. The van der Waals surface area contributed by atoms with Crippen molar-refractivity contribution < 1.29 is 18.3 Å². The lowest BCUT2D eigenvalue weighted by Gasteiger charge is -2.07. The molecule has 0 unspecified atom stereocenters. The Hall–Kier alpha value is -2.88. The molecule has 0 spiro atoms. The van der Waals surface area contributed by atoms with Gasteiger partial charge in [-0.3, -0.25) is 0 Å². The molecule has 0 saturated carbocycles. The second kappa shape index (κ2) is 8.48. The van der Waals surface area contributed by atoms with Crippen molar-refractivity contribution in [2.24, 2.45) is 0 Å². The van der Waals surface area contributed by atoms with Crippen LogP contribution >= 0.6 is 0 Å². The minimum Gasteiger partial charge on any atom is -0.497 e. The molecule has 0 N–H and O–H groups in total. The van der Waals surface area contributed by atoms with Gasteiger partial charge in [0.2, 0.25) is 0 Å². The van der Waals surface area contributed by atoms with E-state index in [4.69, 9.17) is 4.74 Å². The molecule has 0 aromatic heterocycles. The molecule has 0 aliphatic carbocycles. The molecule has 0 bridgehead atoms. The number of alkyl halides is 2. The van der Waals surface area contributed by atoms with Crippen molar-refractivity contribution in [1.82, 2.24) is 0 Å². The van der Waals surface area contributed by atoms with Crippen LogP contribution in [0.3, 0.4) is 0 Å². The van der Waals surface area contributed by atoms with Gasteiger partial charge < -0.3 is 9.47 Å². The molecule has 0 aliphatic heterocycles. The van der Waals surface area contributed by atoms with E-state index < -0.39 is 6.61 Å². The number of benzene rings is 3. The van der Waals surface area contributed by atoms with Crippen molar-refractivity contribution in [3.63, 3.8) is 0 Å². The highest BCUT2D eigenvalue weighted by molar-refractivity contribution is 5.64. The van der Waals surface area contributed by atoms with Crippen LogP contribution < -0.4 is 9.47 Å². The first-order valence-corrected chi connectivity index (χ1v) is 8.41. The molecule has 3 aromatic rings. The number of hydrogen-bond donors (Lipinski definition) is 0. The molecule has 2 nitrogen and oxygen atoms in total. The van der Waals surface area contributed by atoms with Gasteiger partial charge in [-0.25, -0.2) is 0 Å². The number of methoxy groups -OCH3 is 1. The monoisotopic (exact) mass is 354 g/mol. The highest BCUT2D eigenvalue weighted by atomic mass is 19.3. The highest BCUT2D eigenvalue weighted by Gasteiger charge is 2.05. The quantitative estimate of drug-likeness (QED) is 0.538. The topological polar surface area (TPSA) is 18.5 Å². The van der Waals surface area contributed by atoms with E-state index in [1.54, 1.807) is 31.4 Å². The molecular formula is C22H20F2O2. The first-order valence-electron chi connectivity index (χ1n) is 8.41. The van der Waals surface area contributed by atoms with Crippen LogP contribution in [0.15, 0.2) is 72.8 Å². The maximum atomic E-state index is 12.2. The summed E-state index contributed by atoms with van der Waals surface area (Å²) >= 11 is 0. The summed E-state index contributed by atoms with van der Waals surface area (Å²) in [6.45, 7) is -2.80. The third-order valence-electron chi connectivity index (χ3n) is 4.23. The van der Waals surface area contributed by atoms with E-state index >= 15 is 0 Å². The van der Waals surface area contributed by atoms with Gasteiger partial charge in [-0.1, -0.05) is 48.5 Å². The molecule has 0 saturated heterocycles. The third-order valence-corrected chi connectivity index (χ3v) is 4.23. The molecular weight excluding hydrogens is 334 g/mol. The normalized spacial score (nSPS) is 10.8. The number of ether oxygens (including phenoxy) is 2. The predicted molar refractivity (Wildman–Crippen MR) is 98.9 cm³/mol. The van der Waals surface area contributed by atoms with Gasteiger partial charge in [0.05, 0.1) is 7.11 Å². The van der Waals surface area contributed by atoms with Crippen LogP contribution in [0.1, 0.15) is 11.1 Å². The van der Waals surface area contributed by atoms with E-state index in [2.05, 4.69) is 29.0 Å². The SMILES string of the molecule is COc1ccc(CCc2ccc(-c3ccc(OC(F)F)cc3)cc2)cc1. The Labute approximate surface area is 152 Å². The summed E-state index contributed by atoms with van der Waals surface area (Å²) in [5, 5.41) is 0.